The van der Waals surface area contributed by atoms with E-state index in [4.69, 9.17) is 18.9 Å². The van der Waals surface area contributed by atoms with Gasteiger partial charge in [-0.1, -0.05) is 12.7 Å². The van der Waals surface area contributed by atoms with Gasteiger partial charge in [0.1, 0.15) is 36.0 Å². The van der Waals surface area contributed by atoms with Gasteiger partial charge in [0.05, 0.1) is 14.2 Å². The standard InChI is InChI=1S/C15H16O6/c1-4-5-20-15(17)10-8-21-12-7-9(18-2)6-11(19-3)13(12)14(10)16/h4,6-7,10H,1,5,8H2,2-3H3. The SMILES string of the molecule is C=CCOC(=O)C1COc2cc(OC)cc(OC)c2C1=O. The van der Waals surface area contributed by atoms with E-state index in [1.165, 1.54) is 20.3 Å². The zero-order valence-electron chi connectivity index (χ0n) is 11.9. The fourth-order valence-corrected chi connectivity index (χ4v) is 2.04. The minimum absolute atomic E-state index is 0.0508. The van der Waals surface area contributed by atoms with Crippen LogP contribution in [0.2, 0.25) is 0 Å². The van der Waals surface area contributed by atoms with Gasteiger partial charge in [-0.3, -0.25) is 9.59 Å². The second-order valence-electron chi connectivity index (χ2n) is 4.35. The Balaban J connectivity index is 2.34. The lowest BCUT2D eigenvalue weighted by molar-refractivity contribution is -0.146. The van der Waals surface area contributed by atoms with Crippen molar-refractivity contribution in [3.63, 3.8) is 0 Å². The Kier molecular flexibility index (Phi) is 4.47. The normalized spacial score (nSPS) is 16.5. The van der Waals surface area contributed by atoms with E-state index in [1.807, 2.05) is 0 Å². The lowest BCUT2D eigenvalue weighted by Gasteiger charge is -2.24. The number of methoxy groups -OCH3 is 2. The number of ketones is 1. The molecule has 1 atom stereocenters. The molecule has 112 valence electrons. The quantitative estimate of drug-likeness (QED) is 0.466. The molecule has 0 amide bonds. The van der Waals surface area contributed by atoms with E-state index >= 15 is 0 Å². The van der Waals surface area contributed by atoms with E-state index in [1.54, 1.807) is 12.1 Å². The van der Waals surface area contributed by atoms with Crippen LogP contribution >= 0.6 is 0 Å². The van der Waals surface area contributed by atoms with Crippen molar-refractivity contribution in [3.8, 4) is 17.2 Å². The molecule has 0 bridgehead atoms. The van der Waals surface area contributed by atoms with Crippen LogP contribution in [0.1, 0.15) is 10.4 Å². The number of Topliss-reactive ketones (excluding diaryl/α,β-unsaturated/α-hetero) is 1. The van der Waals surface area contributed by atoms with E-state index < -0.39 is 11.9 Å². The minimum Gasteiger partial charge on any atom is -0.496 e. The summed E-state index contributed by atoms with van der Waals surface area (Å²) in [5, 5.41) is 0. The maximum Gasteiger partial charge on any atom is 0.320 e. The third-order valence-electron chi connectivity index (χ3n) is 3.09. The smallest absolute Gasteiger partial charge is 0.320 e. The fourth-order valence-electron chi connectivity index (χ4n) is 2.04. The highest BCUT2D eigenvalue weighted by atomic mass is 16.5. The van der Waals surface area contributed by atoms with Crippen molar-refractivity contribution in [2.45, 2.75) is 0 Å². The zero-order chi connectivity index (χ0) is 15.4. The van der Waals surface area contributed by atoms with Gasteiger partial charge in [0.15, 0.2) is 11.7 Å². The molecule has 0 saturated heterocycles. The minimum atomic E-state index is -1.00. The van der Waals surface area contributed by atoms with E-state index in [0.717, 1.165) is 0 Å². The molecule has 1 aromatic rings. The van der Waals surface area contributed by atoms with Crippen molar-refractivity contribution in [1.82, 2.24) is 0 Å². The Labute approximate surface area is 122 Å². The first-order valence-corrected chi connectivity index (χ1v) is 6.33. The average Bonchev–Trinajstić information content (AvgIpc) is 2.51. The third-order valence-corrected chi connectivity index (χ3v) is 3.09. The average molecular weight is 292 g/mol. The molecule has 0 saturated carbocycles. The van der Waals surface area contributed by atoms with Crippen LogP contribution in [0.15, 0.2) is 24.8 Å². The molecule has 6 heteroatoms. The molecule has 21 heavy (non-hydrogen) atoms. The van der Waals surface area contributed by atoms with Crippen molar-refractivity contribution < 1.29 is 28.5 Å². The molecular weight excluding hydrogens is 276 g/mol. The molecule has 1 unspecified atom stereocenters. The summed E-state index contributed by atoms with van der Waals surface area (Å²) in [6, 6.07) is 3.15. The Morgan fingerprint density at radius 3 is 2.81 bits per heavy atom. The molecule has 1 aromatic carbocycles. The second-order valence-corrected chi connectivity index (χ2v) is 4.35. The number of carbonyl (C=O) groups excluding carboxylic acids is 2. The lowest BCUT2D eigenvalue weighted by atomic mass is 9.94. The summed E-state index contributed by atoms with van der Waals surface area (Å²) < 4.78 is 20.7. The maximum atomic E-state index is 12.5. The highest BCUT2D eigenvalue weighted by molar-refractivity contribution is 6.12. The molecule has 1 aliphatic heterocycles. The number of rotatable bonds is 5. The fraction of sp³-hybridized carbons (Fsp3) is 0.333. The van der Waals surface area contributed by atoms with E-state index in [2.05, 4.69) is 6.58 Å². The molecule has 0 N–H and O–H groups in total. The van der Waals surface area contributed by atoms with E-state index in [0.29, 0.717) is 17.2 Å². The molecular formula is C15H16O6. The highest BCUT2D eigenvalue weighted by Gasteiger charge is 2.38. The van der Waals surface area contributed by atoms with Crippen LogP contribution in [0.4, 0.5) is 0 Å². The predicted molar refractivity (Wildman–Crippen MR) is 74.0 cm³/mol. The van der Waals surface area contributed by atoms with E-state index in [9.17, 15) is 9.59 Å². The summed E-state index contributed by atoms with van der Waals surface area (Å²) in [6.07, 6.45) is 1.44. The number of benzene rings is 1. The number of carbonyl (C=O) groups is 2. The Hall–Kier alpha value is -2.50. The first-order valence-electron chi connectivity index (χ1n) is 6.33. The molecule has 2 rings (SSSR count). The van der Waals surface area contributed by atoms with Gasteiger partial charge in [0.25, 0.3) is 0 Å². The van der Waals surface area contributed by atoms with Crippen molar-refractivity contribution in [2.75, 3.05) is 27.4 Å². The van der Waals surface area contributed by atoms with Crippen molar-refractivity contribution in [1.29, 1.82) is 0 Å². The summed E-state index contributed by atoms with van der Waals surface area (Å²) >= 11 is 0. The van der Waals surface area contributed by atoms with Crippen molar-refractivity contribution >= 4 is 11.8 Å². The molecule has 0 radical (unpaired) electrons. The van der Waals surface area contributed by atoms with Crippen LogP contribution in [-0.4, -0.2) is 39.2 Å². The monoisotopic (exact) mass is 292 g/mol. The van der Waals surface area contributed by atoms with Gasteiger partial charge in [0, 0.05) is 12.1 Å². The molecule has 1 heterocycles. The van der Waals surface area contributed by atoms with Gasteiger partial charge >= 0.3 is 5.97 Å². The summed E-state index contributed by atoms with van der Waals surface area (Å²) in [5.74, 6) is -0.876. The molecule has 6 nitrogen and oxygen atoms in total. The van der Waals surface area contributed by atoms with Crippen LogP contribution in [-0.2, 0) is 9.53 Å². The maximum absolute atomic E-state index is 12.5. The van der Waals surface area contributed by atoms with Gasteiger partial charge in [-0.2, -0.15) is 0 Å². The topological polar surface area (TPSA) is 71.1 Å². The lowest BCUT2D eigenvalue weighted by Crippen LogP contribution is -2.35. The molecule has 0 fully saturated rings. The summed E-state index contributed by atoms with van der Waals surface area (Å²) in [4.78, 5) is 24.3. The van der Waals surface area contributed by atoms with Gasteiger partial charge in [-0.05, 0) is 0 Å². The largest absolute Gasteiger partial charge is 0.496 e. The van der Waals surface area contributed by atoms with Gasteiger partial charge in [0.2, 0.25) is 0 Å². The Morgan fingerprint density at radius 1 is 1.43 bits per heavy atom. The van der Waals surface area contributed by atoms with Crippen LogP contribution in [0.5, 0.6) is 17.2 Å². The Morgan fingerprint density at radius 2 is 2.19 bits per heavy atom. The zero-order valence-corrected chi connectivity index (χ0v) is 11.9. The highest BCUT2D eigenvalue weighted by Crippen LogP contribution is 2.38. The van der Waals surface area contributed by atoms with Crippen molar-refractivity contribution in [3.05, 3.63) is 30.4 Å². The van der Waals surface area contributed by atoms with Gasteiger partial charge in [-0.15, -0.1) is 0 Å². The number of esters is 1. The number of ether oxygens (including phenoxy) is 4. The second kappa shape index (κ2) is 6.30. The molecule has 0 aromatic heterocycles. The van der Waals surface area contributed by atoms with E-state index in [-0.39, 0.29) is 24.6 Å². The molecule has 0 aliphatic carbocycles. The first-order chi connectivity index (χ1) is 10.1. The number of hydrogen-bond acceptors (Lipinski definition) is 6. The summed E-state index contributed by atoms with van der Waals surface area (Å²) in [6.45, 7) is 3.43. The van der Waals surface area contributed by atoms with Crippen LogP contribution in [0.3, 0.4) is 0 Å². The van der Waals surface area contributed by atoms with Gasteiger partial charge < -0.3 is 18.9 Å². The number of fused-ring (bicyclic) bond motifs is 1. The van der Waals surface area contributed by atoms with Crippen LogP contribution in [0.25, 0.3) is 0 Å². The summed E-state index contributed by atoms with van der Waals surface area (Å²) in [5.41, 5.74) is 0.227. The van der Waals surface area contributed by atoms with Crippen molar-refractivity contribution in [2.24, 2.45) is 5.92 Å². The number of hydrogen-bond donors (Lipinski definition) is 0. The molecule has 1 aliphatic rings. The van der Waals surface area contributed by atoms with Crippen LogP contribution < -0.4 is 14.2 Å². The van der Waals surface area contributed by atoms with Crippen LogP contribution in [0, 0.1) is 5.92 Å². The summed E-state index contributed by atoms with van der Waals surface area (Å²) in [7, 11) is 2.93. The van der Waals surface area contributed by atoms with Gasteiger partial charge in [-0.25, -0.2) is 0 Å². The molecule has 0 spiro atoms. The third kappa shape index (κ3) is 2.84. The first kappa shape index (κ1) is 14.9. The predicted octanol–water partition coefficient (Wildman–Crippen LogP) is 1.62. The Bertz CT molecular complexity index is 561.